The van der Waals surface area contributed by atoms with Gasteiger partial charge in [0.15, 0.2) is 0 Å². The van der Waals surface area contributed by atoms with E-state index in [1.54, 1.807) is 0 Å². The number of hydrogen-bond acceptors (Lipinski definition) is 7. The van der Waals surface area contributed by atoms with Crippen LogP contribution in [0, 0.1) is 10.1 Å². The molecule has 0 aliphatic carbocycles. The molecule has 1 fully saturated rings. The Balaban J connectivity index is 2.21. The molecule has 0 atom stereocenters. The molecule has 2 rings (SSSR count). The summed E-state index contributed by atoms with van der Waals surface area (Å²) in [5, 5.41) is 20.2. The molecule has 1 N–H and O–H groups in total. The third-order valence-corrected chi connectivity index (χ3v) is 3.54. The highest BCUT2D eigenvalue weighted by Gasteiger charge is 2.24. The van der Waals surface area contributed by atoms with Gasteiger partial charge in [-0.15, -0.1) is 0 Å². The minimum Gasteiger partial charge on any atom is -0.481 e. The number of β-amino-alcohol motifs (C(OH)–C–C–N with tert-alkyl or cyclic N) is 1. The van der Waals surface area contributed by atoms with Gasteiger partial charge in [0.2, 0.25) is 11.7 Å². The number of pyridine rings is 1. The molecular formula is C13H20N4O4. The summed E-state index contributed by atoms with van der Waals surface area (Å²) in [6.07, 6.45) is 0.871. The largest absolute Gasteiger partial charge is 0.481 e. The first kappa shape index (κ1) is 15.5. The lowest BCUT2D eigenvalue weighted by atomic mass is 10.3. The zero-order valence-corrected chi connectivity index (χ0v) is 12.1. The van der Waals surface area contributed by atoms with Crippen LogP contribution < -0.4 is 9.64 Å². The fourth-order valence-corrected chi connectivity index (χ4v) is 2.46. The average molecular weight is 296 g/mol. The molecule has 0 bridgehead atoms. The van der Waals surface area contributed by atoms with Gasteiger partial charge in [0.25, 0.3) is 0 Å². The van der Waals surface area contributed by atoms with E-state index in [1.165, 1.54) is 19.2 Å². The lowest BCUT2D eigenvalue weighted by molar-refractivity contribution is -0.384. The van der Waals surface area contributed by atoms with Crippen molar-refractivity contribution >= 4 is 11.5 Å². The van der Waals surface area contributed by atoms with Crippen molar-refractivity contribution in [3.8, 4) is 5.88 Å². The lowest BCUT2D eigenvalue weighted by Gasteiger charge is -2.22. The van der Waals surface area contributed by atoms with E-state index in [2.05, 4.69) is 9.88 Å². The molecule has 1 aliphatic heterocycles. The summed E-state index contributed by atoms with van der Waals surface area (Å²) in [5.74, 6) is 0.720. The fraction of sp³-hybridized carbons (Fsp3) is 0.615. The second kappa shape index (κ2) is 7.19. The molecule has 1 aromatic heterocycles. The Morgan fingerprint density at radius 3 is 2.86 bits per heavy atom. The van der Waals surface area contributed by atoms with Gasteiger partial charge in [-0.3, -0.25) is 15.0 Å². The van der Waals surface area contributed by atoms with Crippen molar-refractivity contribution in [3.05, 3.63) is 22.2 Å². The molecule has 8 heteroatoms. The van der Waals surface area contributed by atoms with Crippen molar-refractivity contribution in [3.63, 3.8) is 0 Å². The van der Waals surface area contributed by atoms with Gasteiger partial charge in [0, 0.05) is 38.3 Å². The summed E-state index contributed by atoms with van der Waals surface area (Å²) < 4.78 is 5.07. The van der Waals surface area contributed by atoms with Crippen molar-refractivity contribution < 1.29 is 14.8 Å². The topological polar surface area (TPSA) is 92.0 Å². The molecule has 0 saturated carbocycles. The van der Waals surface area contributed by atoms with Crippen LogP contribution in [-0.2, 0) is 0 Å². The van der Waals surface area contributed by atoms with Crippen LogP contribution in [0.25, 0.3) is 0 Å². The van der Waals surface area contributed by atoms with Crippen LogP contribution in [0.4, 0.5) is 11.5 Å². The number of rotatable bonds is 5. The predicted molar refractivity (Wildman–Crippen MR) is 77.8 cm³/mol. The molecule has 21 heavy (non-hydrogen) atoms. The Hall–Kier alpha value is -1.93. The number of ether oxygens (including phenoxy) is 1. The van der Waals surface area contributed by atoms with Crippen molar-refractivity contribution in [2.75, 3.05) is 51.3 Å². The summed E-state index contributed by atoms with van der Waals surface area (Å²) in [6.45, 7) is 3.70. The van der Waals surface area contributed by atoms with E-state index in [9.17, 15) is 10.1 Å². The Bertz CT molecular complexity index is 497. The number of nitrogens with zero attached hydrogens (tertiary/aromatic N) is 4. The maximum Gasteiger partial charge on any atom is 0.311 e. The molecule has 8 nitrogen and oxygen atoms in total. The number of methoxy groups -OCH3 is 1. The number of aliphatic hydroxyl groups excluding tert-OH is 1. The van der Waals surface area contributed by atoms with Gasteiger partial charge in [0.1, 0.15) is 0 Å². The Labute approximate surface area is 123 Å². The smallest absolute Gasteiger partial charge is 0.311 e. The van der Waals surface area contributed by atoms with Gasteiger partial charge in [-0.05, 0) is 13.0 Å². The third kappa shape index (κ3) is 3.79. The molecule has 1 saturated heterocycles. The number of nitro groups is 1. The Morgan fingerprint density at radius 2 is 2.19 bits per heavy atom. The van der Waals surface area contributed by atoms with E-state index >= 15 is 0 Å². The van der Waals surface area contributed by atoms with E-state index < -0.39 is 4.92 Å². The molecule has 0 aromatic carbocycles. The average Bonchev–Trinajstić information content (AvgIpc) is 2.72. The number of aromatic nitrogens is 1. The highest BCUT2D eigenvalue weighted by atomic mass is 16.6. The van der Waals surface area contributed by atoms with Crippen LogP contribution in [0.5, 0.6) is 5.88 Å². The van der Waals surface area contributed by atoms with Gasteiger partial charge in [-0.1, -0.05) is 0 Å². The van der Waals surface area contributed by atoms with Crippen LogP contribution in [0.15, 0.2) is 12.1 Å². The fourth-order valence-electron chi connectivity index (χ4n) is 2.46. The predicted octanol–water partition coefficient (Wildman–Crippen LogP) is 0.503. The second-order valence-corrected chi connectivity index (χ2v) is 4.86. The molecule has 0 unspecified atom stereocenters. The van der Waals surface area contributed by atoms with Gasteiger partial charge in [0.05, 0.1) is 18.6 Å². The maximum atomic E-state index is 11.2. The number of hydrogen-bond donors (Lipinski definition) is 1. The summed E-state index contributed by atoms with van der Waals surface area (Å²) in [4.78, 5) is 19.1. The molecule has 1 aliphatic rings. The highest BCUT2D eigenvalue weighted by molar-refractivity contribution is 5.59. The standard InChI is InChI=1S/C13H20N4O4/c1-21-12-4-3-11(17(19)20)13(14-12)16-6-2-5-15(7-8-16)9-10-18/h3-4,18H,2,5-10H2,1H3. The zero-order valence-electron chi connectivity index (χ0n) is 12.1. The van der Waals surface area contributed by atoms with Gasteiger partial charge in [-0.2, -0.15) is 4.98 Å². The van der Waals surface area contributed by atoms with Gasteiger partial charge in [-0.25, -0.2) is 0 Å². The van der Waals surface area contributed by atoms with Crippen molar-refractivity contribution in [1.82, 2.24) is 9.88 Å². The van der Waals surface area contributed by atoms with Crippen LogP contribution >= 0.6 is 0 Å². The van der Waals surface area contributed by atoms with Gasteiger partial charge < -0.3 is 14.7 Å². The SMILES string of the molecule is COc1ccc([N+](=O)[O-])c(N2CCCN(CCO)CC2)n1. The van der Waals surface area contributed by atoms with Crippen LogP contribution in [0.1, 0.15) is 6.42 Å². The first-order chi connectivity index (χ1) is 10.2. The first-order valence-electron chi connectivity index (χ1n) is 6.93. The van der Waals surface area contributed by atoms with E-state index in [1.807, 2.05) is 4.90 Å². The summed E-state index contributed by atoms with van der Waals surface area (Å²) in [5.41, 5.74) is -0.00796. The molecule has 0 radical (unpaired) electrons. The van der Waals surface area contributed by atoms with E-state index in [-0.39, 0.29) is 12.3 Å². The minimum absolute atomic E-state index is 0.00796. The molecule has 2 heterocycles. The van der Waals surface area contributed by atoms with E-state index in [4.69, 9.17) is 9.84 Å². The number of anilines is 1. The summed E-state index contributed by atoms with van der Waals surface area (Å²) in [7, 11) is 1.49. The molecule has 116 valence electrons. The van der Waals surface area contributed by atoms with Crippen LogP contribution in [0.2, 0.25) is 0 Å². The molecule has 1 aromatic rings. The van der Waals surface area contributed by atoms with E-state index in [0.29, 0.717) is 31.3 Å². The Kier molecular flexibility index (Phi) is 5.29. The zero-order chi connectivity index (χ0) is 15.2. The monoisotopic (exact) mass is 296 g/mol. The summed E-state index contributed by atoms with van der Waals surface area (Å²) >= 11 is 0. The number of aliphatic hydroxyl groups is 1. The lowest BCUT2D eigenvalue weighted by Crippen LogP contribution is -2.33. The Morgan fingerprint density at radius 1 is 1.38 bits per heavy atom. The summed E-state index contributed by atoms with van der Waals surface area (Å²) in [6, 6.07) is 2.93. The normalized spacial score (nSPS) is 16.6. The minimum atomic E-state index is -0.418. The highest BCUT2D eigenvalue weighted by Crippen LogP contribution is 2.29. The molecule has 0 spiro atoms. The molecule has 0 amide bonds. The van der Waals surface area contributed by atoms with Crippen LogP contribution in [0.3, 0.4) is 0 Å². The van der Waals surface area contributed by atoms with Crippen LogP contribution in [-0.4, -0.2) is 66.4 Å². The quantitative estimate of drug-likeness (QED) is 0.625. The van der Waals surface area contributed by atoms with Gasteiger partial charge >= 0.3 is 5.69 Å². The molecular weight excluding hydrogens is 276 g/mol. The van der Waals surface area contributed by atoms with Crippen molar-refractivity contribution in [1.29, 1.82) is 0 Å². The maximum absolute atomic E-state index is 11.2. The first-order valence-corrected chi connectivity index (χ1v) is 6.93. The van der Waals surface area contributed by atoms with Crippen molar-refractivity contribution in [2.24, 2.45) is 0 Å². The third-order valence-electron chi connectivity index (χ3n) is 3.54. The second-order valence-electron chi connectivity index (χ2n) is 4.86. The van der Waals surface area contributed by atoms with E-state index in [0.717, 1.165) is 19.5 Å². The van der Waals surface area contributed by atoms with Crippen molar-refractivity contribution in [2.45, 2.75) is 6.42 Å².